The topological polar surface area (TPSA) is 80.0 Å². The highest BCUT2D eigenvalue weighted by Crippen LogP contribution is 2.24. The van der Waals surface area contributed by atoms with E-state index in [1.54, 1.807) is 6.07 Å². The summed E-state index contributed by atoms with van der Waals surface area (Å²) in [6, 6.07) is 1.83. The van der Waals surface area contributed by atoms with Crippen LogP contribution in [-0.4, -0.2) is 16.9 Å². The number of rotatable bonds is 3. The number of nitrogens with one attached hydrogen (secondary N) is 2. The van der Waals surface area contributed by atoms with Crippen LogP contribution >= 0.6 is 11.6 Å². The summed E-state index contributed by atoms with van der Waals surface area (Å²) in [7, 11) is 0. The molecule has 0 aliphatic heterocycles. The van der Waals surface area contributed by atoms with Crippen LogP contribution in [0.5, 0.6) is 0 Å². The fourth-order valence-corrected chi connectivity index (χ4v) is 2.72. The minimum absolute atomic E-state index is 0.128. The summed E-state index contributed by atoms with van der Waals surface area (Å²) in [6.45, 7) is 2.22. The van der Waals surface area contributed by atoms with Crippen LogP contribution in [0.2, 0.25) is 5.02 Å². The number of aromatic nitrogens is 1. The summed E-state index contributed by atoms with van der Waals surface area (Å²) in [5.41, 5.74) is 2.83. The van der Waals surface area contributed by atoms with Crippen LogP contribution in [0.3, 0.4) is 0 Å². The standard InChI is InChI=1S/C13H19ClN4O/c1-8-3-2-4-10(5-8)17-13(19)9-6-11(14)12(18-15)16-7-9/h6-8,10H,2-5,15H2,1H3,(H,16,18)(H,17,19). The molecule has 4 N–H and O–H groups in total. The van der Waals surface area contributed by atoms with Gasteiger partial charge in [0.05, 0.1) is 10.6 Å². The van der Waals surface area contributed by atoms with Gasteiger partial charge in [-0.05, 0) is 24.8 Å². The van der Waals surface area contributed by atoms with Crippen molar-refractivity contribution >= 4 is 23.3 Å². The Labute approximate surface area is 117 Å². The molecule has 2 unspecified atom stereocenters. The predicted octanol–water partition coefficient (Wildman–Crippen LogP) is 2.33. The van der Waals surface area contributed by atoms with Crippen molar-refractivity contribution in [3.05, 3.63) is 22.8 Å². The maximum atomic E-state index is 12.1. The van der Waals surface area contributed by atoms with Gasteiger partial charge in [-0.25, -0.2) is 10.8 Å². The Morgan fingerprint density at radius 2 is 2.32 bits per heavy atom. The number of hydrogen-bond acceptors (Lipinski definition) is 4. The van der Waals surface area contributed by atoms with Crippen LogP contribution in [0.15, 0.2) is 12.3 Å². The van der Waals surface area contributed by atoms with Crippen LogP contribution < -0.4 is 16.6 Å². The molecular weight excluding hydrogens is 264 g/mol. The lowest BCUT2D eigenvalue weighted by Crippen LogP contribution is -2.38. The predicted molar refractivity (Wildman–Crippen MR) is 75.9 cm³/mol. The number of pyridine rings is 1. The van der Waals surface area contributed by atoms with Crippen molar-refractivity contribution in [2.24, 2.45) is 11.8 Å². The van der Waals surface area contributed by atoms with Crippen LogP contribution in [-0.2, 0) is 0 Å². The molecule has 0 radical (unpaired) electrons. The lowest BCUT2D eigenvalue weighted by atomic mass is 9.87. The molecule has 1 heterocycles. The zero-order chi connectivity index (χ0) is 13.8. The van der Waals surface area contributed by atoms with Gasteiger partial charge in [0.1, 0.15) is 0 Å². The number of anilines is 1. The number of hydrogen-bond donors (Lipinski definition) is 3. The van der Waals surface area contributed by atoms with Crippen molar-refractivity contribution in [2.75, 3.05) is 5.43 Å². The van der Waals surface area contributed by atoms with E-state index in [0.29, 0.717) is 22.3 Å². The van der Waals surface area contributed by atoms with E-state index in [2.05, 4.69) is 22.7 Å². The third-order valence-corrected chi connectivity index (χ3v) is 3.80. The zero-order valence-corrected chi connectivity index (χ0v) is 11.7. The lowest BCUT2D eigenvalue weighted by Gasteiger charge is -2.27. The third kappa shape index (κ3) is 3.58. The van der Waals surface area contributed by atoms with Crippen molar-refractivity contribution in [1.29, 1.82) is 0 Å². The largest absolute Gasteiger partial charge is 0.349 e. The zero-order valence-electron chi connectivity index (χ0n) is 10.9. The fourth-order valence-electron chi connectivity index (χ4n) is 2.50. The Balaban J connectivity index is 2.01. The molecule has 2 atom stereocenters. The smallest absolute Gasteiger partial charge is 0.253 e. The van der Waals surface area contributed by atoms with E-state index in [1.807, 2.05) is 0 Å². The van der Waals surface area contributed by atoms with Crippen molar-refractivity contribution in [3.8, 4) is 0 Å². The summed E-state index contributed by atoms with van der Waals surface area (Å²) >= 11 is 5.95. The molecule has 1 fully saturated rings. The van der Waals surface area contributed by atoms with Gasteiger partial charge in [0.15, 0.2) is 5.82 Å². The summed E-state index contributed by atoms with van der Waals surface area (Å²) < 4.78 is 0. The van der Waals surface area contributed by atoms with Crippen molar-refractivity contribution < 1.29 is 4.79 Å². The van der Waals surface area contributed by atoms with Gasteiger partial charge >= 0.3 is 0 Å². The molecule has 0 bridgehead atoms. The molecule has 0 saturated heterocycles. The molecule has 5 nitrogen and oxygen atoms in total. The number of nitrogens with two attached hydrogens (primary N) is 1. The molecule has 0 aromatic carbocycles. The van der Waals surface area contributed by atoms with Gasteiger partial charge in [-0.3, -0.25) is 4.79 Å². The van der Waals surface area contributed by atoms with Crippen molar-refractivity contribution in [1.82, 2.24) is 10.3 Å². The van der Waals surface area contributed by atoms with Gasteiger partial charge in [-0.1, -0.05) is 31.4 Å². The summed E-state index contributed by atoms with van der Waals surface area (Å²) in [6.07, 6.45) is 5.97. The number of amides is 1. The van der Waals surface area contributed by atoms with E-state index in [0.717, 1.165) is 12.8 Å². The van der Waals surface area contributed by atoms with Gasteiger partial charge in [-0.2, -0.15) is 0 Å². The Kier molecular flexibility index (Phi) is 4.61. The minimum atomic E-state index is -0.128. The number of carbonyl (C=O) groups excluding carboxylic acids is 1. The highest BCUT2D eigenvalue weighted by atomic mass is 35.5. The van der Waals surface area contributed by atoms with E-state index in [1.165, 1.54) is 19.0 Å². The molecule has 19 heavy (non-hydrogen) atoms. The van der Waals surface area contributed by atoms with Crippen LogP contribution in [0.1, 0.15) is 43.0 Å². The van der Waals surface area contributed by atoms with Crippen molar-refractivity contribution in [3.63, 3.8) is 0 Å². The molecule has 1 aromatic heterocycles. The maximum absolute atomic E-state index is 12.1. The van der Waals surface area contributed by atoms with E-state index in [-0.39, 0.29) is 11.9 Å². The summed E-state index contributed by atoms with van der Waals surface area (Å²) in [4.78, 5) is 16.1. The Morgan fingerprint density at radius 1 is 1.53 bits per heavy atom. The Morgan fingerprint density at radius 3 is 2.95 bits per heavy atom. The average Bonchev–Trinajstić information content (AvgIpc) is 2.38. The number of hydrazine groups is 1. The molecule has 1 amide bonds. The molecule has 1 aliphatic rings. The molecule has 1 saturated carbocycles. The number of nitrogens with zero attached hydrogens (tertiary/aromatic N) is 1. The lowest BCUT2D eigenvalue weighted by molar-refractivity contribution is 0.0921. The first-order valence-corrected chi connectivity index (χ1v) is 6.91. The summed E-state index contributed by atoms with van der Waals surface area (Å²) in [5, 5.41) is 3.38. The third-order valence-electron chi connectivity index (χ3n) is 3.51. The quantitative estimate of drug-likeness (QED) is 0.587. The molecular formula is C13H19ClN4O. The molecule has 6 heteroatoms. The first-order chi connectivity index (χ1) is 9.10. The average molecular weight is 283 g/mol. The second-order valence-corrected chi connectivity index (χ2v) is 5.55. The fraction of sp³-hybridized carbons (Fsp3) is 0.538. The van der Waals surface area contributed by atoms with E-state index < -0.39 is 0 Å². The first kappa shape index (κ1) is 14.1. The van der Waals surface area contributed by atoms with Crippen LogP contribution in [0.4, 0.5) is 5.82 Å². The van der Waals surface area contributed by atoms with Crippen LogP contribution in [0, 0.1) is 5.92 Å². The molecule has 0 spiro atoms. The molecule has 1 aliphatic carbocycles. The molecule has 104 valence electrons. The second kappa shape index (κ2) is 6.21. The number of nitrogen functional groups attached to an aromatic ring is 1. The highest BCUT2D eigenvalue weighted by Gasteiger charge is 2.21. The molecule has 2 rings (SSSR count). The van der Waals surface area contributed by atoms with E-state index in [9.17, 15) is 4.79 Å². The van der Waals surface area contributed by atoms with E-state index >= 15 is 0 Å². The number of halogens is 1. The molecule has 1 aromatic rings. The number of carbonyl (C=O) groups is 1. The van der Waals surface area contributed by atoms with Gasteiger partial charge in [0, 0.05) is 12.2 Å². The monoisotopic (exact) mass is 282 g/mol. The van der Waals surface area contributed by atoms with Gasteiger partial charge in [0.25, 0.3) is 5.91 Å². The Bertz CT molecular complexity index is 466. The highest BCUT2D eigenvalue weighted by molar-refractivity contribution is 6.33. The minimum Gasteiger partial charge on any atom is -0.349 e. The SMILES string of the molecule is CC1CCCC(NC(=O)c2cnc(NN)c(Cl)c2)C1. The van der Waals surface area contributed by atoms with Gasteiger partial charge in [-0.15, -0.1) is 0 Å². The maximum Gasteiger partial charge on any atom is 0.253 e. The van der Waals surface area contributed by atoms with Gasteiger partial charge in [0.2, 0.25) is 0 Å². The van der Waals surface area contributed by atoms with E-state index in [4.69, 9.17) is 17.4 Å². The summed E-state index contributed by atoms with van der Waals surface area (Å²) in [5.74, 6) is 6.15. The van der Waals surface area contributed by atoms with Crippen molar-refractivity contribution in [2.45, 2.75) is 38.6 Å². The van der Waals surface area contributed by atoms with Gasteiger partial charge < -0.3 is 10.7 Å². The second-order valence-electron chi connectivity index (χ2n) is 5.14. The normalized spacial score (nSPS) is 22.9. The Hall–Kier alpha value is -1.33. The first-order valence-electron chi connectivity index (χ1n) is 6.53. The van der Waals surface area contributed by atoms with Crippen LogP contribution in [0.25, 0.3) is 0 Å².